The zero-order valence-electron chi connectivity index (χ0n) is 6.71. The van der Waals surface area contributed by atoms with Gasteiger partial charge in [0.25, 0.3) is 5.35 Å². The van der Waals surface area contributed by atoms with E-state index in [1.807, 2.05) is 0 Å². The van der Waals surface area contributed by atoms with Crippen LogP contribution in [0.1, 0.15) is 0 Å². The fourth-order valence-corrected chi connectivity index (χ4v) is 1.23. The Balaban J connectivity index is 2.40. The van der Waals surface area contributed by atoms with Gasteiger partial charge in [0.15, 0.2) is 5.58 Å². The van der Waals surface area contributed by atoms with Gasteiger partial charge < -0.3 is 9.15 Å². The second kappa shape index (κ2) is 3.42. The minimum atomic E-state index is -2.86. The third kappa shape index (κ3) is 1.77. The van der Waals surface area contributed by atoms with E-state index in [4.69, 9.17) is 16.0 Å². The van der Waals surface area contributed by atoms with Crippen molar-refractivity contribution in [1.29, 1.82) is 0 Å². The molecule has 0 unspecified atom stereocenters. The number of oxazole rings is 1. The van der Waals surface area contributed by atoms with Crippen LogP contribution >= 0.6 is 11.6 Å². The first-order valence-electron chi connectivity index (χ1n) is 3.66. The van der Waals surface area contributed by atoms with Gasteiger partial charge in [0.05, 0.1) is 0 Å². The molecule has 2 rings (SSSR count). The van der Waals surface area contributed by atoms with Gasteiger partial charge in [-0.1, -0.05) is 0 Å². The molecule has 0 amide bonds. The van der Waals surface area contributed by atoms with Crippen molar-refractivity contribution < 1.29 is 17.9 Å². The third-order valence-electron chi connectivity index (χ3n) is 1.56. The van der Waals surface area contributed by atoms with Gasteiger partial charge in [0.1, 0.15) is 11.3 Å². The molecule has 0 N–H and O–H groups in total. The van der Waals surface area contributed by atoms with Crippen LogP contribution in [0.3, 0.4) is 0 Å². The Hall–Kier alpha value is -1.36. The molecule has 0 aliphatic carbocycles. The SMILES string of the molecule is FC(F)Oc1ccc2nc(Cl)oc2c1. The van der Waals surface area contributed by atoms with Crippen molar-refractivity contribution in [2.75, 3.05) is 0 Å². The summed E-state index contributed by atoms with van der Waals surface area (Å²) >= 11 is 5.47. The van der Waals surface area contributed by atoms with Crippen molar-refractivity contribution >= 4 is 22.7 Å². The zero-order valence-corrected chi connectivity index (χ0v) is 7.46. The number of hydrogen-bond donors (Lipinski definition) is 0. The molecule has 0 fully saturated rings. The Labute approximate surface area is 82.2 Å². The van der Waals surface area contributed by atoms with E-state index in [-0.39, 0.29) is 11.1 Å². The standard InChI is InChI=1S/C8H4ClF2NO2/c9-7-12-5-2-1-4(13-8(10)11)3-6(5)14-7/h1-3,8H. The highest BCUT2D eigenvalue weighted by Crippen LogP contribution is 2.24. The summed E-state index contributed by atoms with van der Waals surface area (Å²) in [4.78, 5) is 3.79. The Morgan fingerprint density at radius 1 is 1.43 bits per heavy atom. The van der Waals surface area contributed by atoms with Crippen molar-refractivity contribution in [1.82, 2.24) is 4.98 Å². The normalized spacial score (nSPS) is 11.1. The Morgan fingerprint density at radius 2 is 2.21 bits per heavy atom. The lowest BCUT2D eigenvalue weighted by Gasteiger charge is -2.02. The smallest absolute Gasteiger partial charge is 0.387 e. The highest BCUT2D eigenvalue weighted by Gasteiger charge is 2.08. The van der Waals surface area contributed by atoms with Gasteiger partial charge in [-0.15, -0.1) is 0 Å². The molecule has 0 saturated heterocycles. The summed E-state index contributed by atoms with van der Waals surface area (Å²) in [5.41, 5.74) is 0.810. The molecule has 3 nitrogen and oxygen atoms in total. The summed E-state index contributed by atoms with van der Waals surface area (Å²) < 4.78 is 32.7. The molecule has 1 heterocycles. The topological polar surface area (TPSA) is 35.3 Å². The van der Waals surface area contributed by atoms with Gasteiger partial charge >= 0.3 is 6.61 Å². The van der Waals surface area contributed by atoms with Crippen molar-refractivity contribution in [3.05, 3.63) is 23.5 Å². The van der Waals surface area contributed by atoms with Crippen LogP contribution in [0.15, 0.2) is 22.6 Å². The Kier molecular flexibility index (Phi) is 2.25. The highest BCUT2D eigenvalue weighted by atomic mass is 35.5. The first kappa shape index (κ1) is 9.21. The van der Waals surface area contributed by atoms with E-state index in [0.717, 1.165) is 0 Å². The van der Waals surface area contributed by atoms with E-state index in [2.05, 4.69) is 9.72 Å². The number of hydrogen-bond acceptors (Lipinski definition) is 3. The predicted octanol–water partition coefficient (Wildman–Crippen LogP) is 3.08. The van der Waals surface area contributed by atoms with E-state index in [9.17, 15) is 8.78 Å². The molecule has 1 aromatic heterocycles. The van der Waals surface area contributed by atoms with Gasteiger partial charge in [-0.25, -0.2) is 0 Å². The van der Waals surface area contributed by atoms with Crippen LogP contribution in [0.4, 0.5) is 8.78 Å². The van der Waals surface area contributed by atoms with Gasteiger partial charge in [-0.05, 0) is 23.7 Å². The van der Waals surface area contributed by atoms with E-state index in [1.54, 1.807) is 0 Å². The molecule has 74 valence electrons. The number of halogens is 3. The fourth-order valence-electron chi connectivity index (χ4n) is 1.05. The molecule has 0 atom stereocenters. The zero-order chi connectivity index (χ0) is 10.1. The molecular formula is C8H4ClF2NO2. The van der Waals surface area contributed by atoms with E-state index >= 15 is 0 Å². The van der Waals surface area contributed by atoms with Crippen molar-refractivity contribution in [2.45, 2.75) is 6.61 Å². The molecule has 1 aromatic carbocycles. The highest BCUT2D eigenvalue weighted by molar-refractivity contribution is 6.28. The first-order valence-corrected chi connectivity index (χ1v) is 4.04. The number of fused-ring (bicyclic) bond motifs is 1. The summed E-state index contributed by atoms with van der Waals surface area (Å²) in [7, 11) is 0. The maximum Gasteiger partial charge on any atom is 0.387 e. The summed E-state index contributed by atoms with van der Waals surface area (Å²) in [5.74, 6) is 0.0142. The van der Waals surface area contributed by atoms with E-state index in [0.29, 0.717) is 11.1 Å². The van der Waals surface area contributed by atoms with Crippen LogP contribution in [0.25, 0.3) is 11.1 Å². The number of nitrogens with zero attached hydrogens (tertiary/aromatic N) is 1. The first-order chi connectivity index (χ1) is 6.65. The minimum Gasteiger partial charge on any atom is -0.435 e. The summed E-state index contributed by atoms with van der Waals surface area (Å²) in [6.07, 6.45) is 0. The number of aromatic nitrogens is 1. The van der Waals surface area contributed by atoms with Crippen LogP contribution < -0.4 is 4.74 Å². The molecule has 6 heteroatoms. The third-order valence-corrected chi connectivity index (χ3v) is 1.72. The maximum absolute atomic E-state index is 11.8. The quantitative estimate of drug-likeness (QED) is 0.779. The van der Waals surface area contributed by atoms with Gasteiger partial charge in [0.2, 0.25) is 0 Å². The van der Waals surface area contributed by atoms with Gasteiger partial charge in [-0.3, -0.25) is 0 Å². The summed E-state index contributed by atoms with van der Waals surface area (Å²) in [6.45, 7) is -2.86. The number of alkyl halides is 2. The predicted molar refractivity (Wildman–Crippen MR) is 45.7 cm³/mol. The average molecular weight is 220 g/mol. The van der Waals surface area contributed by atoms with Crippen LogP contribution in [-0.4, -0.2) is 11.6 Å². The van der Waals surface area contributed by atoms with Crippen LogP contribution in [-0.2, 0) is 0 Å². The molecule has 14 heavy (non-hydrogen) atoms. The Bertz CT molecular complexity index is 458. The summed E-state index contributed by atoms with van der Waals surface area (Å²) in [5, 5.41) is -0.0332. The minimum absolute atomic E-state index is 0.0142. The number of ether oxygens (including phenoxy) is 1. The van der Waals surface area contributed by atoms with Crippen molar-refractivity contribution in [2.24, 2.45) is 0 Å². The maximum atomic E-state index is 11.8. The monoisotopic (exact) mass is 219 g/mol. The molecule has 0 aliphatic heterocycles. The molecule has 2 aromatic rings. The number of benzene rings is 1. The summed E-state index contributed by atoms with van der Waals surface area (Å²) in [6, 6.07) is 4.16. The van der Waals surface area contributed by atoms with Gasteiger partial charge in [0, 0.05) is 6.07 Å². The van der Waals surface area contributed by atoms with Gasteiger partial charge in [-0.2, -0.15) is 13.8 Å². The second-order valence-electron chi connectivity index (χ2n) is 2.47. The van der Waals surface area contributed by atoms with E-state index < -0.39 is 6.61 Å². The van der Waals surface area contributed by atoms with Crippen molar-refractivity contribution in [3.63, 3.8) is 0 Å². The second-order valence-corrected chi connectivity index (χ2v) is 2.80. The van der Waals surface area contributed by atoms with E-state index in [1.165, 1.54) is 18.2 Å². The number of rotatable bonds is 2. The lowest BCUT2D eigenvalue weighted by atomic mass is 10.3. The van der Waals surface area contributed by atoms with Crippen molar-refractivity contribution in [3.8, 4) is 5.75 Å². The lowest BCUT2D eigenvalue weighted by Crippen LogP contribution is -2.01. The van der Waals surface area contributed by atoms with Crippen LogP contribution in [0.5, 0.6) is 5.75 Å². The van der Waals surface area contributed by atoms with Crippen LogP contribution in [0.2, 0.25) is 5.35 Å². The fraction of sp³-hybridized carbons (Fsp3) is 0.125. The molecule has 0 radical (unpaired) electrons. The van der Waals surface area contributed by atoms with Crippen LogP contribution in [0, 0.1) is 0 Å². The molecule has 0 bridgehead atoms. The average Bonchev–Trinajstić information content (AvgIpc) is 2.42. The molecule has 0 aliphatic rings. The molecular weight excluding hydrogens is 216 g/mol. The molecule has 0 saturated carbocycles. The molecule has 0 spiro atoms. The largest absolute Gasteiger partial charge is 0.435 e. The Morgan fingerprint density at radius 3 is 2.93 bits per heavy atom. The lowest BCUT2D eigenvalue weighted by molar-refractivity contribution is -0.0497.